The van der Waals surface area contributed by atoms with E-state index in [1.165, 1.54) is 17.5 Å². The number of nitrogens with zero attached hydrogens (tertiary/aromatic N) is 5. The SMILES string of the molecule is CCN(CC)c1ccc(CN2CCc3nnc([C@@H](NS(C)(=O)=O)C(C)C)n3CC2)cc1. The lowest BCUT2D eigenvalue weighted by Crippen LogP contribution is -2.33. The molecule has 0 saturated heterocycles. The van der Waals surface area contributed by atoms with Crippen molar-refractivity contribution in [3.63, 3.8) is 0 Å². The van der Waals surface area contributed by atoms with Gasteiger partial charge in [0.2, 0.25) is 10.0 Å². The first-order valence-electron chi connectivity index (χ1n) is 11.2. The van der Waals surface area contributed by atoms with Gasteiger partial charge in [-0.15, -0.1) is 10.2 Å². The Morgan fingerprint density at radius 1 is 1.06 bits per heavy atom. The number of benzene rings is 1. The summed E-state index contributed by atoms with van der Waals surface area (Å²) < 4.78 is 28.6. The smallest absolute Gasteiger partial charge is 0.209 e. The third-order valence-corrected chi connectivity index (χ3v) is 6.59. The Bertz CT molecular complexity index is 951. The summed E-state index contributed by atoms with van der Waals surface area (Å²) >= 11 is 0. The molecule has 31 heavy (non-hydrogen) atoms. The average molecular weight is 449 g/mol. The summed E-state index contributed by atoms with van der Waals surface area (Å²) in [5.74, 6) is 1.71. The van der Waals surface area contributed by atoms with Crippen LogP contribution in [0, 0.1) is 5.92 Å². The molecule has 0 aliphatic carbocycles. The average Bonchev–Trinajstić information content (AvgIpc) is 3.01. The van der Waals surface area contributed by atoms with E-state index >= 15 is 0 Å². The minimum absolute atomic E-state index is 0.0757. The predicted octanol–water partition coefficient (Wildman–Crippen LogP) is 2.43. The van der Waals surface area contributed by atoms with E-state index in [-0.39, 0.29) is 12.0 Å². The van der Waals surface area contributed by atoms with Crippen LogP contribution in [0.15, 0.2) is 24.3 Å². The molecule has 172 valence electrons. The highest BCUT2D eigenvalue weighted by Gasteiger charge is 2.28. The second-order valence-corrected chi connectivity index (χ2v) is 10.4. The minimum Gasteiger partial charge on any atom is -0.372 e. The van der Waals surface area contributed by atoms with Crippen molar-refractivity contribution >= 4 is 15.7 Å². The summed E-state index contributed by atoms with van der Waals surface area (Å²) in [6, 6.07) is 8.47. The molecule has 2 heterocycles. The van der Waals surface area contributed by atoms with Crippen LogP contribution < -0.4 is 9.62 Å². The summed E-state index contributed by atoms with van der Waals surface area (Å²) in [5, 5.41) is 8.75. The number of nitrogens with one attached hydrogen (secondary N) is 1. The molecule has 1 N–H and O–H groups in total. The molecule has 1 atom stereocenters. The van der Waals surface area contributed by atoms with Crippen LogP contribution in [-0.4, -0.2) is 60.5 Å². The van der Waals surface area contributed by atoms with Crippen LogP contribution >= 0.6 is 0 Å². The molecule has 2 aromatic rings. The van der Waals surface area contributed by atoms with Crippen molar-refractivity contribution in [1.29, 1.82) is 0 Å². The van der Waals surface area contributed by atoms with Gasteiger partial charge in [0, 0.05) is 51.4 Å². The van der Waals surface area contributed by atoms with Gasteiger partial charge in [-0.2, -0.15) is 0 Å². The van der Waals surface area contributed by atoms with Crippen molar-refractivity contribution in [3.8, 4) is 0 Å². The highest BCUT2D eigenvalue weighted by atomic mass is 32.2. The van der Waals surface area contributed by atoms with E-state index in [1.807, 2.05) is 13.8 Å². The molecule has 0 amide bonds. The molecule has 8 nitrogen and oxygen atoms in total. The molecule has 0 spiro atoms. The summed E-state index contributed by atoms with van der Waals surface area (Å²) in [4.78, 5) is 4.78. The first kappa shape index (κ1) is 23.7. The monoisotopic (exact) mass is 448 g/mol. The number of fused-ring (bicyclic) bond motifs is 1. The Hall–Kier alpha value is -1.97. The van der Waals surface area contributed by atoms with E-state index in [0.717, 1.165) is 51.5 Å². The molecule has 9 heteroatoms. The Labute approximate surface area is 186 Å². The summed E-state index contributed by atoms with van der Waals surface area (Å²) in [6.45, 7) is 13.8. The lowest BCUT2D eigenvalue weighted by Gasteiger charge is -2.23. The summed E-state index contributed by atoms with van der Waals surface area (Å²) in [5.41, 5.74) is 2.56. The van der Waals surface area contributed by atoms with Crippen molar-refractivity contribution in [2.45, 2.75) is 53.2 Å². The topological polar surface area (TPSA) is 83.4 Å². The Kier molecular flexibility index (Phi) is 7.72. The van der Waals surface area contributed by atoms with E-state index < -0.39 is 10.0 Å². The van der Waals surface area contributed by atoms with Crippen LogP contribution in [0.2, 0.25) is 0 Å². The van der Waals surface area contributed by atoms with Crippen LogP contribution in [-0.2, 0) is 29.5 Å². The third kappa shape index (κ3) is 6.05. The van der Waals surface area contributed by atoms with Gasteiger partial charge < -0.3 is 9.47 Å². The maximum atomic E-state index is 11.9. The number of rotatable bonds is 9. The van der Waals surface area contributed by atoms with Gasteiger partial charge >= 0.3 is 0 Å². The molecule has 1 aliphatic heterocycles. The van der Waals surface area contributed by atoms with Crippen LogP contribution in [0.4, 0.5) is 5.69 Å². The number of sulfonamides is 1. The molecule has 1 aromatic heterocycles. The maximum absolute atomic E-state index is 11.9. The first-order valence-corrected chi connectivity index (χ1v) is 13.1. The van der Waals surface area contributed by atoms with Gasteiger partial charge in [0.25, 0.3) is 0 Å². The molecule has 3 rings (SSSR count). The van der Waals surface area contributed by atoms with Gasteiger partial charge in [-0.25, -0.2) is 13.1 Å². The van der Waals surface area contributed by atoms with E-state index in [2.05, 4.69) is 67.4 Å². The number of hydrogen-bond acceptors (Lipinski definition) is 6. The Morgan fingerprint density at radius 2 is 1.74 bits per heavy atom. The zero-order chi connectivity index (χ0) is 22.6. The second-order valence-electron chi connectivity index (χ2n) is 8.60. The van der Waals surface area contributed by atoms with Crippen molar-refractivity contribution in [2.24, 2.45) is 5.92 Å². The summed E-state index contributed by atoms with van der Waals surface area (Å²) in [6.07, 6.45) is 1.99. The van der Waals surface area contributed by atoms with E-state index in [1.54, 1.807) is 0 Å². The lowest BCUT2D eigenvalue weighted by atomic mass is 10.1. The van der Waals surface area contributed by atoms with Crippen LogP contribution in [0.1, 0.15) is 50.9 Å². The van der Waals surface area contributed by atoms with E-state index in [4.69, 9.17) is 0 Å². The zero-order valence-corrected chi connectivity index (χ0v) is 20.2. The van der Waals surface area contributed by atoms with Gasteiger partial charge in [-0.1, -0.05) is 26.0 Å². The Balaban J connectivity index is 1.69. The fourth-order valence-electron chi connectivity index (χ4n) is 4.15. The maximum Gasteiger partial charge on any atom is 0.209 e. The molecule has 0 fully saturated rings. The zero-order valence-electron chi connectivity index (χ0n) is 19.4. The predicted molar refractivity (Wildman–Crippen MR) is 125 cm³/mol. The summed E-state index contributed by atoms with van der Waals surface area (Å²) in [7, 11) is -3.34. The fraction of sp³-hybridized carbons (Fsp3) is 0.636. The van der Waals surface area contributed by atoms with Gasteiger partial charge in [0.05, 0.1) is 12.3 Å². The molecule has 0 bridgehead atoms. The first-order chi connectivity index (χ1) is 14.7. The molecule has 0 saturated carbocycles. The van der Waals surface area contributed by atoms with Gasteiger partial charge in [0.1, 0.15) is 5.82 Å². The van der Waals surface area contributed by atoms with Crippen molar-refractivity contribution in [3.05, 3.63) is 41.5 Å². The molecule has 1 aromatic carbocycles. The largest absolute Gasteiger partial charge is 0.372 e. The van der Waals surface area contributed by atoms with Gasteiger partial charge in [-0.3, -0.25) is 4.90 Å². The Morgan fingerprint density at radius 3 is 2.32 bits per heavy atom. The van der Waals surface area contributed by atoms with E-state index in [0.29, 0.717) is 5.82 Å². The number of aromatic nitrogens is 3. The highest BCUT2D eigenvalue weighted by Crippen LogP contribution is 2.24. The molecule has 0 unspecified atom stereocenters. The normalized spacial score (nSPS) is 16.2. The van der Waals surface area contributed by atoms with E-state index in [9.17, 15) is 8.42 Å². The van der Waals surface area contributed by atoms with Gasteiger partial charge in [-0.05, 0) is 37.5 Å². The van der Waals surface area contributed by atoms with Crippen molar-refractivity contribution < 1.29 is 8.42 Å². The van der Waals surface area contributed by atoms with Crippen LogP contribution in [0.5, 0.6) is 0 Å². The van der Waals surface area contributed by atoms with Crippen LogP contribution in [0.3, 0.4) is 0 Å². The number of hydrogen-bond donors (Lipinski definition) is 1. The molecule has 0 radical (unpaired) electrons. The molecular weight excluding hydrogens is 412 g/mol. The van der Waals surface area contributed by atoms with Gasteiger partial charge in [0.15, 0.2) is 5.82 Å². The minimum atomic E-state index is -3.34. The quantitative estimate of drug-likeness (QED) is 0.634. The van der Waals surface area contributed by atoms with Crippen molar-refractivity contribution in [1.82, 2.24) is 24.4 Å². The molecular formula is C22H36N6O2S. The fourth-order valence-corrected chi connectivity index (χ4v) is 4.99. The third-order valence-electron chi connectivity index (χ3n) is 5.90. The standard InChI is InChI=1S/C22H36N6O2S/c1-6-27(7-2)19-10-8-18(9-11-19)16-26-13-12-20-23-24-22(28(20)15-14-26)21(17(3)4)25-31(5,29)30/h8-11,17,21,25H,6-7,12-16H2,1-5H3/t21-/m0/s1. The lowest BCUT2D eigenvalue weighted by molar-refractivity contribution is 0.269. The highest BCUT2D eigenvalue weighted by molar-refractivity contribution is 7.88. The molecule has 1 aliphatic rings. The number of anilines is 1. The second kappa shape index (κ2) is 10.1. The van der Waals surface area contributed by atoms with Crippen LogP contribution in [0.25, 0.3) is 0 Å². The van der Waals surface area contributed by atoms with Crippen molar-refractivity contribution in [2.75, 3.05) is 37.3 Å².